The molecule has 2 fully saturated rings. The Morgan fingerprint density at radius 1 is 1.50 bits per heavy atom. The minimum Gasteiger partial charge on any atom is -0.480 e. The van der Waals surface area contributed by atoms with E-state index in [1.165, 1.54) is 12.8 Å². The monoisotopic (exact) mass is 141 g/mol. The molecule has 0 amide bonds. The fourth-order valence-corrected chi connectivity index (χ4v) is 1.91. The van der Waals surface area contributed by atoms with E-state index in [1.54, 1.807) is 0 Å². The average Bonchev–Trinajstić information content (AvgIpc) is 2.60. The zero-order valence-corrected chi connectivity index (χ0v) is 5.79. The molecular formula is C7H11NO2. The van der Waals surface area contributed by atoms with Crippen LogP contribution in [0.1, 0.15) is 19.3 Å². The fourth-order valence-electron chi connectivity index (χ4n) is 1.91. The Hall–Kier alpha value is -0.570. The van der Waals surface area contributed by atoms with Crippen molar-refractivity contribution in [2.75, 3.05) is 6.54 Å². The predicted octanol–water partition coefficient (Wildman–Crippen LogP) is 0.308. The molecule has 56 valence electrons. The molecule has 0 aliphatic carbocycles. The average molecular weight is 141 g/mol. The smallest absolute Gasteiger partial charge is 0.322 e. The number of nitrogens with zero attached hydrogens (tertiary/aromatic N) is 1. The van der Waals surface area contributed by atoms with E-state index in [2.05, 4.69) is 4.90 Å². The normalized spacial score (nSPS) is 44.2. The van der Waals surface area contributed by atoms with Gasteiger partial charge in [-0.25, -0.2) is 0 Å². The van der Waals surface area contributed by atoms with Gasteiger partial charge >= 0.3 is 5.97 Å². The van der Waals surface area contributed by atoms with Gasteiger partial charge in [-0.2, -0.15) is 0 Å². The Morgan fingerprint density at radius 2 is 2.30 bits per heavy atom. The van der Waals surface area contributed by atoms with E-state index in [9.17, 15) is 4.79 Å². The Bertz CT molecular complexity index is 157. The van der Waals surface area contributed by atoms with E-state index in [4.69, 9.17) is 5.11 Å². The van der Waals surface area contributed by atoms with E-state index < -0.39 is 5.97 Å². The second kappa shape index (κ2) is 1.95. The van der Waals surface area contributed by atoms with Gasteiger partial charge in [0.1, 0.15) is 6.04 Å². The standard InChI is InChI=1S/C7H11NO2/c9-7(10)6-5-3-1-2-4-8(5)6/h5-6H,1-4H2,(H,9,10)/t5-,6+,8?/m1/s1. The molecule has 0 bridgehead atoms. The molecule has 2 heterocycles. The van der Waals surface area contributed by atoms with Gasteiger partial charge in [0.05, 0.1) is 0 Å². The second-order valence-electron chi connectivity index (χ2n) is 3.08. The summed E-state index contributed by atoms with van der Waals surface area (Å²) in [5.74, 6) is -0.632. The van der Waals surface area contributed by atoms with Gasteiger partial charge in [0.15, 0.2) is 0 Å². The summed E-state index contributed by atoms with van der Waals surface area (Å²) in [5, 5.41) is 8.64. The Kier molecular flexibility index (Phi) is 1.20. The Balaban J connectivity index is 1.99. The lowest BCUT2D eigenvalue weighted by Gasteiger charge is -2.07. The van der Waals surface area contributed by atoms with Crippen molar-refractivity contribution in [1.82, 2.24) is 4.90 Å². The molecule has 3 atom stereocenters. The van der Waals surface area contributed by atoms with Crippen molar-refractivity contribution in [2.45, 2.75) is 31.3 Å². The van der Waals surface area contributed by atoms with Gasteiger partial charge in [-0.3, -0.25) is 9.69 Å². The van der Waals surface area contributed by atoms with Gasteiger partial charge in [-0.05, 0) is 19.4 Å². The van der Waals surface area contributed by atoms with Gasteiger partial charge < -0.3 is 5.11 Å². The molecule has 3 heteroatoms. The van der Waals surface area contributed by atoms with Crippen LogP contribution >= 0.6 is 0 Å². The van der Waals surface area contributed by atoms with E-state index in [0.29, 0.717) is 6.04 Å². The maximum Gasteiger partial charge on any atom is 0.322 e. The van der Waals surface area contributed by atoms with Crippen LogP contribution in [0, 0.1) is 0 Å². The van der Waals surface area contributed by atoms with Crippen LogP contribution in [0.4, 0.5) is 0 Å². The lowest BCUT2D eigenvalue weighted by molar-refractivity contribution is -0.137. The quantitative estimate of drug-likeness (QED) is 0.534. The van der Waals surface area contributed by atoms with Gasteiger partial charge in [0, 0.05) is 6.04 Å². The number of fused-ring (bicyclic) bond motifs is 1. The third-order valence-corrected chi connectivity index (χ3v) is 2.48. The lowest BCUT2D eigenvalue weighted by atomic mass is 10.1. The van der Waals surface area contributed by atoms with Crippen molar-refractivity contribution in [3.63, 3.8) is 0 Å². The van der Waals surface area contributed by atoms with Gasteiger partial charge in [0.25, 0.3) is 0 Å². The first kappa shape index (κ1) is 6.16. The number of carbonyl (C=O) groups is 1. The Labute approximate surface area is 59.6 Å². The van der Waals surface area contributed by atoms with Gasteiger partial charge in [0.2, 0.25) is 0 Å². The van der Waals surface area contributed by atoms with Crippen molar-refractivity contribution in [3.05, 3.63) is 0 Å². The zero-order chi connectivity index (χ0) is 7.14. The minimum absolute atomic E-state index is 0.123. The number of carboxylic acids is 1. The largest absolute Gasteiger partial charge is 0.480 e. The topological polar surface area (TPSA) is 40.3 Å². The first-order chi connectivity index (χ1) is 4.80. The molecule has 1 N–H and O–H groups in total. The predicted molar refractivity (Wildman–Crippen MR) is 35.8 cm³/mol. The highest BCUT2D eigenvalue weighted by Crippen LogP contribution is 2.36. The van der Waals surface area contributed by atoms with Crippen LogP contribution in [0.5, 0.6) is 0 Å². The first-order valence-electron chi connectivity index (χ1n) is 3.79. The number of rotatable bonds is 1. The van der Waals surface area contributed by atoms with Crippen molar-refractivity contribution < 1.29 is 9.90 Å². The summed E-state index contributed by atoms with van der Waals surface area (Å²) in [7, 11) is 0. The highest BCUT2D eigenvalue weighted by Gasteiger charge is 2.52. The number of hydrogen-bond donors (Lipinski definition) is 1. The highest BCUT2D eigenvalue weighted by atomic mass is 16.4. The number of aliphatic carboxylic acids is 1. The van der Waals surface area contributed by atoms with Crippen molar-refractivity contribution in [3.8, 4) is 0 Å². The van der Waals surface area contributed by atoms with Crippen LogP contribution in [0.3, 0.4) is 0 Å². The molecule has 2 saturated heterocycles. The van der Waals surface area contributed by atoms with Crippen LogP contribution in [0.2, 0.25) is 0 Å². The van der Waals surface area contributed by atoms with Gasteiger partial charge in [-0.15, -0.1) is 0 Å². The SMILES string of the molecule is O=C(O)[C@@H]1[C@H]2CCCCN21. The van der Waals surface area contributed by atoms with Crippen molar-refractivity contribution in [1.29, 1.82) is 0 Å². The molecule has 0 aromatic heterocycles. The van der Waals surface area contributed by atoms with Crippen molar-refractivity contribution in [2.24, 2.45) is 0 Å². The van der Waals surface area contributed by atoms with Crippen LogP contribution in [0.25, 0.3) is 0 Å². The second-order valence-corrected chi connectivity index (χ2v) is 3.08. The first-order valence-corrected chi connectivity index (χ1v) is 3.79. The molecule has 0 saturated carbocycles. The molecule has 1 unspecified atom stereocenters. The molecule has 2 rings (SSSR count). The number of carboxylic acid groups (broad SMARTS) is 1. The third kappa shape index (κ3) is 0.736. The van der Waals surface area contributed by atoms with E-state index in [0.717, 1.165) is 13.0 Å². The summed E-state index contributed by atoms with van der Waals surface area (Å²) in [5.41, 5.74) is 0. The Morgan fingerprint density at radius 3 is 2.80 bits per heavy atom. The molecule has 10 heavy (non-hydrogen) atoms. The molecule has 2 aliphatic heterocycles. The lowest BCUT2D eigenvalue weighted by Crippen LogP contribution is -2.12. The fraction of sp³-hybridized carbons (Fsp3) is 0.857. The van der Waals surface area contributed by atoms with E-state index >= 15 is 0 Å². The summed E-state index contributed by atoms with van der Waals surface area (Å²) < 4.78 is 0. The molecule has 0 radical (unpaired) electrons. The van der Waals surface area contributed by atoms with Crippen molar-refractivity contribution >= 4 is 5.97 Å². The van der Waals surface area contributed by atoms with Crippen LogP contribution in [-0.2, 0) is 4.79 Å². The maximum atomic E-state index is 10.5. The third-order valence-electron chi connectivity index (χ3n) is 2.48. The molecule has 0 spiro atoms. The highest BCUT2D eigenvalue weighted by molar-refractivity contribution is 5.78. The molecule has 2 aliphatic rings. The number of piperidine rings is 1. The number of hydrogen-bond acceptors (Lipinski definition) is 2. The summed E-state index contributed by atoms with van der Waals surface area (Å²) in [6.07, 6.45) is 3.49. The molecular weight excluding hydrogens is 130 g/mol. The summed E-state index contributed by atoms with van der Waals surface area (Å²) >= 11 is 0. The van der Waals surface area contributed by atoms with E-state index in [-0.39, 0.29) is 6.04 Å². The summed E-state index contributed by atoms with van der Waals surface area (Å²) in [6.45, 7) is 1.00. The molecule has 0 aromatic rings. The van der Waals surface area contributed by atoms with Crippen LogP contribution < -0.4 is 0 Å². The van der Waals surface area contributed by atoms with Crippen LogP contribution in [0.15, 0.2) is 0 Å². The van der Waals surface area contributed by atoms with E-state index in [1.807, 2.05) is 0 Å². The molecule has 0 aromatic carbocycles. The summed E-state index contributed by atoms with van der Waals surface area (Å²) in [6, 6.07) is 0.272. The minimum atomic E-state index is -0.632. The van der Waals surface area contributed by atoms with Gasteiger partial charge in [-0.1, -0.05) is 6.42 Å². The maximum absolute atomic E-state index is 10.5. The summed E-state index contributed by atoms with van der Waals surface area (Å²) in [4.78, 5) is 12.6. The zero-order valence-electron chi connectivity index (χ0n) is 5.79. The van der Waals surface area contributed by atoms with Crippen LogP contribution in [-0.4, -0.2) is 34.6 Å². The molecule has 3 nitrogen and oxygen atoms in total.